The van der Waals surface area contributed by atoms with Crippen molar-refractivity contribution in [3.63, 3.8) is 0 Å². The molecule has 14 heavy (non-hydrogen) atoms. The Morgan fingerprint density at radius 2 is 2.07 bits per heavy atom. The second-order valence-corrected chi connectivity index (χ2v) is 3.02. The van der Waals surface area contributed by atoms with Crippen molar-refractivity contribution in [3.05, 3.63) is 28.2 Å². The first kappa shape index (κ1) is 14.1. The van der Waals surface area contributed by atoms with Crippen LogP contribution in [0.2, 0.25) is 10.0 Å². The molecule has 72 valence electrons. The average molecular weight is 245 g/mol. The van der Waals surface area contributed by atoms with E-state index in [1.54, 1.807) is 18.2 Å². The number of carboxylic acid groups (broad SMARTS) is 1. The Hall–Kier alpha value is 0.0700. The van der Waals surface area contributed by atoms with Gasteiger partial charge in [-0.1, -0.05) is 29.3 Å². The fourth-order valence-electron chi connectivity index (χ4n) is 0.735. The van der Waals surface area contributed by atoms with Gasteiger partial charge in [0.2, 0.25) is 0 Å². The van der Waals surface area contributed by atoms with Gasteiger partial charge in [-0.3, -0.25) is 0 Å². The van der Waals surface area contributed by atoms with Gasteiger partial charge in [-0.05, 0) is 12.1 Å². The summed E-state index contributed by atoms with van der Waals surface area (Å²) in [5, 5.41) is 8.90. The molecule has 0 aliphatic carbocycles. The van der Waals surface area contributed by atoms with Crippen molar-refractivity contribution >= 4 is 58.7 Å². The summed E-state index contributed by atoms with van der Waals surface area (Å²) in [7, 11) is 0. The molecule has 0 unspecified atom stereocenters. The molecule has 0 spiro atoms. The van der Waals surface area contributed by atoms with Gasteiger partial charge in [0.1, 0.15) is 10.8 Å². The monoisotopic (exact) mass is 244 g/mol. The Labute approximate surface area is 113 Å². The van der Waals surface area contributed by atoms with Crippen LogP contribution in [-0.2, 0) is 4.79 Å². The standard InChI is InChI=1S/C8H6Cl2O3.Na.H/c9-5-2-1-3-6(8(5)10)13-4-7(11)12;;/h1-3H,4H2,(H,11,12);;. The van der Waals surface area contributed by atoms with E-state index in [1.807, 2.05) is 0 Å². The predicted molar refractivity (Wildman–Crippen MR) is 56.7 cm³/mol. The molecule has 0 bridgehead atoms. The first-order valence-electron chi connectivity index (χ1n) is 3.40. The van der Waals surface area contributed by atoms with Gasteiger partial charge in [0.15, 0.2) is 6.61 Å². The van der Waals surface area contributed by atoms with Gasteiger partial charge in [-0.2, -0.15) is 0 Å². The molecule has 0 heterocycles. The molecule has 0 aliphatic heterocycles. The molecule has 0 saturated carbocycles. The number of rotatable bonds is 3. The number of hydrogen-bond donors (Lipinski definition) is 1. The fourth-order valence-corrected chi connectivity index (χ4v) is 1.08. The Kier molecular flexibility index (Phi) is 6.57. The predicted octanol–water partition coefficient (Wildman–Crippen LogP) is 1.81. The molecule has 6 heteroatoms. The molecule has 0 fully saturated rings. The van der Waals surface area contributed by atoms with E-state index < -0.39 is 12.6 Å². The molecule has 1 aromatic rings. The summed E-state index contributed by atoms with van der Waals surface area (Å²) in [4.78, 5) is 10.2. The number of halogens is 2. The van der Waals surface area contributed by atoms with Gasteiger partial charge in [-0.25, -0.2) is 4.79 Å². The molecule has 0 aliphatic rings. The zero-order valence-electron chi connectivity index (χ0n) is 6.46. The van der Waals surface area contributed by atoms with Crippen molar-refractivity contribution in [1.29, 1.82) is 0 Å². The molecule has 0 atom stereocenters. The van der Waals surface area contributed by atoms with E-state index >= 15 is 0 Å². The van der Waals surface area contributed by atoms with Gasteiger partial charge >= 0.3 is 35.5 Å². The number of ether oxygens (including phenoxy) is 1. The minimum absolute atomic E-state index is 0. The van der Waals surface area contributed by atoms with Crippen LogP contribution in [0.25, 0.3) is 0 Å². The molecule has 3 nitrogen and oxygen atoms in total. The summed E-state index contributed by atoms with van der Waals surface area (Å²) >= 11 is 11.4. The maximum atomic E-state index is 10.2. The van der Waals surface area contributed by atoms with Crippen LogP contribution in [0.4, 0.5) is 0 Å². The summed E-state index contributed by atoms with van der Waals surface area (Å²) in [6, 6.07) is 4.78. The van der Waals surface area contributed by atoms with E-state index in [1.165, 1.54) is 0 Å². The normalized spacial score (nSPS) is 9.00. The summed E-state index contributed by atoms with van der Waals surface area (Å²) in [5.41, 5.74) is 0. The third-order valence-corrected chi connectivity index (χ3v) is 2.07. The molecule has 0 saturated heterocycles. The van der Waals surface area contributed by atoms with Crippen molar-refractivity contribution in [2.45, 2.75) is 0 Å². The zero-order chi connectivity index (χ0) is 9.84. The number of hydrogen-bond acceptors (Lipinski definition) is 2. The van der Waals surface area contributed by atoms with Crippen molar-refractivity contribution < 1.29 is 14.6 Å². The number of carboxylic acids is 1. The first-order valence-corrected chi connectivity index (χ1v) is 4.15. The third kappa shape index (κ3) is 4.07. The average Bonchev–Trinajstić information content (AvgIpc) is 2.07. The zero-order valence-corrected chi connectivity index (χ0v) is 7.97. The van der Waals surface area contributed by atoms with E-state index in [9.17, 15) is 4.79 Å². The Bertz CT molecular complexity index is 330. The Morgan fingerprint density at radius 1 is 1.43 bits per heavy atom. The van der Waals surface area contributed by atoms with Gasteiger partial charge in [0.25, 0.3) is 0 Å². The van der Waals surface area contributed by atoms with Crippen molar-refractivity contribution in [1.82, 2.24) is 0 Å². The minimum atomic E-state index is -1.06. The molecule has 1 aromatic carbocycles. The maximum absolute atomic E-state index is 10.2. The summed E-state index contributed by atoms with van der Waals surface area (Å²) in [5.74, 6) is -0.785. The van der Waals surface area contributed by atoms with Gasteiger partial charge < -0.3 is 9.84 Å². The van der Waals surface area contributed by atoms with Crippen molar-refractivity contribution in [2.75, 3.05) is 6.61 Å². The van der Waals surface area contributed by atoms with Crippen LogP contribution < -0.4 is 4.74 Å². The molecule has 0 aromatic heterocycles. The fraction of sp³-hybridized carbons (Fsp3) is 0.125. The van der Waals surface area contributed by atoms with E-state index in [0.29, 0.717) is 5.02 Å². The number of benzene rings is 1. The topological polar surface area (TPSA) is 46.5 Å². The van der Waals surface area contributed by atoms with Crippen LogP contribution in [0, 0.1) is 0 Å². The van der Waals surface area contributed by atoms with Gasteiger partial charge in [-0.15, -0.1) is 0 Å². The first-order chi connectivity index (χ1) is 6.11. The third-order valence-electron chi connectivity index (χ3n) is 1.27. The molecule has 1 rings (SSSR count). The van der Waals surface area contributed by atoms with E-state index in [2.05, 4.69) is 0 Å². The second-order valence-electron chi connectivity index (χ2n) is 2.23. The second kappa shape index (κ2) is 6.53. The summed E-state index contributed by atoms with van der Waals surface area (Å²) in [6.07, 6.45) is 0. The summed E-state index contributed by atoms with van der Waals surface area (Å²) in [6.45, 7) is -0.430. The molecule has 0 amide bonds. The Morgan fingerprint density at radius 3 is 2.64 bits per heavy atom. The Balaban J connectivity index is 0.00000169. The van der Waals surface area contributed by atoms with Crippen LogP contribution in [0.15, 0.2) is 18.2 Å². The van der Waals surface area contributed by atoms with Crippen LogP contribution in [0.1, 0.15) is 0 Å². The van der Waals surface area contributed by atoms with Gasteiger partial charge in [0, 0.05) is 0 Å². The van der Waals surface area contributed by atoms with E-state index in [-0.39, 0.29) is 40.3 Å². The molecular formula is C8H7Cl2NaO3. The quantitative estimate of drug-likeness (QED) is 0.826. The van der Waals surface area contributed by atoms with Crippen molar-refractivity contribution in [2.24, 2.45) is 0 Å². The molecular weight excluding hydrogens is 238 g/mol. The van der Waals surface area contributed by atoms with E-state index in [4.69, 9.17) is 33.0 Å². The van der Waals surface area contributed by atoms with Gasteiger partial charge in [0.05, 0.1) is 5.02 Å². The summed E-state index contributed by atoms with van der Waals surface area (Å²) < 4.78 is 4.86. The van der Waals surface area contributed by atoms with Crippen LogP contribution in [-0.4, -0.2) is 47.2 Å². The SMILES string of the molecule is O=C(O)COc1cccc(Cl)c1Cl.[NaH]. The van der Waals surface area contributed by atoms with Crippen LogP contribution in [0.3, 0.4) is 0 Å². The van der Waals surface area contributed by atoms with Crippen LogP contribution >= 0.6 is 23.2 Å². The number of aliphatic carboxylic acids is 1. The molecule has 0 radical (unpaired) electrons. The number of carbonyl (C=O) groups is 1. The van der Waals surface area contributed by atoms with Crippen LogP contribution in [0.5, 0.6) is 5.75 Å². The molecule has 1 N–H and O–H groups in total. The van der Waals surface area contributed by atoms with E-state index in [0.717, 1.165) is 0 Å². The van der Waals surface area contributed by atoms with Crippen molar-refractivity contribution in [3.8, 4) is 5.75 Å².